The van der Waals surface area contributed by atoms with Crippen molar-refractivity contribution < 1.29 is 21.6 Å². The van der Waals surface area contributed by atoms with E-state index in [9.17, 15) is 21.6 Å². The van der Waals surface area contributed by atoms with Gasteiger partial charge in [0.2, 0.25) is 10.0 Å². The van der Waals surface area contributed by atoms with Gasteiger partial charge in [-0.1, -0.05) is 13.0 Å². The molecule has 0 amide bonds. The van der Waals surface area contributed by atoms with Gasteiger partial charge in [-0.25, -0.2) is 13.1 Å². The molecular weight excluding hydrogens is 293 g/mol. The molecule has 0 aliphatic carbocycles. The van der Waals surface area contributed by atoms with Crippen molar-refractivity contribution in [1.29, 1.82) is 0 Å². The van der Waals surface area contributed by atoms with E-state index >= 15 is 0 Å². The molecule has 1 aromatic rings. The van der Waals surface area contributed by atoms with Crippen LogP contribution in [-0.2, 0) is 16.2 Å². The lowest BCUT2D eigenvalue weighted by Gasteiger charge is -2.10. The zero-order chi connectivity index (χ0) is 15.2. The summed E-state index contributed by atoms with van der Waals surface area (Å²) in [6.45, 7) is 3.27. The highest BCUT2D eigenvalue weighted by Crippen LogP contribution is 2.30. The smallest absolute Gasteiger partial charge is 0.315 e. The van der Waals surface area contributed by atoms with Gasteiger partial charge in [-0.15, -0.1) is 0 Å². The van der Waals surface area contributed by atoms with E-state index in [-0.39, 0.29) is 11.4 Å². The summed E-state index contributed by atoms with van der Waals surface area (Å²) in [6, 6.07) is 3.67. The molecule has 0 aromatic heterocycles. The Hall–Kier alpha value is -1.12. The van der Waals surface area contributed by atoms with Crippen LogP contribution >= 0.6 is 0 Å². The quantitative estimate of drug-likeness (QED) is 0.757. The van der Waals surface area contributed by atoms with Gasteiger partial charge < -0.3 is 5.32 Å². The lowest BCUT2D eigenvalue weighted by atomic mass is 10.2. The molecule has 0 atom stereocenters. The summed E-state index contributed by atoms with van der Waals surface area (Å²) in [6.07, 6.45) is -3.64. The number of sulfonamides is 1. The van der Waals surface area contributed by atoms with Crippen molar-refractivity contribution in [3.63, 3.8) is 0 Å². The van der Waals surface area contributed by atoms with E-state index < -0.39 is 21.8 Å². The second-order valence-electron chi connectivity index (χ2n) is 4.17. The Morgan fingerprint density at radius 1 is 1.15 bits per heavy atom. The zero-order valence-corrected chi connectivity index (χ0v) is 11.8. The standard InChI is InChI=1S/C12H17F3N2O2S/c1-2-6-16-7-8-17-20(18,19)11-5-3-4-10(9-11)12(13,14)15/h3-5,9,16-17H,2,6-8H2,1H3. The highest BCUT2D eigenvalue weighted by atomic mass is 32.2. The van der Waals surface area contributed by atoms with Gasteiger partial charge in [0.1, 0.15) is 0 Å². The van der Waals surface area contributed by atoms with Crippen LogP contribution in [0.2, 0.25) is 0 Å². The van der Waals surface area contributed by atoms with Crippen molar-refractivity contribution >= 4 is 10.0 Å². The summed E-state index contributed by atoms with van der Waals surface area (Å²) in [5.74, 6) is 0. The van der Waals surface area contributed by atoms with E-state index in [1.165, 1.54) is 0 Å². The molecule has 8 heteroatoms. The SMILES string of the molecule is CCCNCCNS(=O)(=O)c1cccc(C(F)(F)F)c1. The van der Waals surface area contributed by atoms with Crippen LogP contribution in [0.25, 0.3) is 0 Å². The third-order valence-electron chi connectivity index (χ3n) is 2.49. The third kappa shape index (κ3) is 5.10. The molecule has 4 nitrogen and oxygen atoms in total. The number of nitrogens with one attached hydrogen (secondary N) is 2. The summed E-state index contributed by atoms with van der Waals surface area (Å²) < 4.78 is 63.5. The van der Waals surface area contributed by atoms with E-state index in [0.29, 0.717) is 12.6 Å². The number of halogens is 3. The zero-order valence-electron chi connectivity index (χ0n) is 11.0. The van der Waals surface area contributed by atoms with Crippen LogP contribution in [0.3, 0.4) is 0 Å². The first kappa shape index (κ1) is 16.9. The van der Waals surface area contributed by atoms with Gasteiger partial charge in [0.15, 0.2) is 0 Å². The summed E-state index contributed by atoms with van der Waals surface area (Å²) in [5.41, 5.74) is -0.982. The fourth-order valence-electron chi connectivity index (χ4n) is 1.50. The highest BCUT2D eigenvalue weighted by Gasteiger charge is 2.31. The Kier molecular flexibility index (Phi) is 5.97. The maximum Gasteiger partial charge on any atom is 0.416 e. The van der Waals surface area contributed by atoms with E-state index in [0.717, 1.165) is 31.2 Å². The Balaban J connectivity index is 2.73. The van der Waals surface area contributed by atoms with Crippen molar-refractivity contribution in [2.75, 3.05) is 19.6 Å². The summed E-state index contributed by atoms with van der Waals surface area (Å²) in [5, 5.41) is 2.99. The van der Waals surface area contributed by atoms with Gasteiger partial charge >= 0.3 is 6.18 Å². The average Bonchev–Trinajstić information content (AvgIpc) is 2.37. The molecule has 1 rings (SSSR count). The monoisotopic (exact) mass is 310 g/mol. The normalized spacial score (nSPS) is 12.6. The number of hydrogen-bond acceptors (Lipinski definition) is 3. The minimum absolute atomic E-state index is 0.124. The minimum Gasteiger partial charge on any atom is -0.315 e. The van der Waals surface area contributed by atoms with Gasteiger partial charge in [0, 0.05) is 13.1 Å². The minimum atomic E-state index is -4.56. The number of benzene rings is 1. The molecule has 0 radical (unpaired) electrons. The van der Waals surface area contributed by atoms with Gasteiger partial charge in [0.25, 0.3) is 0 Å². The highest BCUT2D eigenvalue weighted by molar-refractivity contribution is 7.89. The summed E-state index contributed by atoms with van der Waals surface area (Å²) in [7, 11) is -3.92. The number of rotatable bonds is 7. The summed E-state index contributed by atoms with van der Waals surface area (Å²) in [4.78, 5) is -0.386. The molecule has 0 bridgehead atoms. The first-order valence-electron chi connectivity index (χ1n) is 6.15. The molecule has 0 spiro atoms. The third-order valence-corrected chi connectivity index (χ3v) is 3.95. The molecule has 0 aliphatic rings. The van der Waals surface area contributed by atoms with Crippen LogP contribution in [-0.4, -0.2) is 28.1 Å². The average molecular weight is 310 g/mol. The first-order chi connectivity index (χ1) is 9.27. The molecule has 1 aromatic carbocycles. The molecule has 0 fully saturated rings. The van der Waals surface area contributed by atoms with Crippen LogP contribution < -0.4 is 10.0 Å². The summed E-state index contributed by atoms with van der Waals surface area (Å²) >= 11 is 0. The van der Waals surface area contributed by atoms with Crippen LogP contribution in [0, 0.1) is 0 Å². The Labute approximate surface area is 116 Å². The van der Waals surface area contributed by atoms with Crippen LogP contribution in [0.15, 0.2) is 29.2 Å². The van der Waals surface area contributed by atoms with Crippen molar-refractivity contribution in [3.8, 4) is 0 Å². The van der Waals surface area contributed by atoms with Crippen molar-refractivity contribution in [3.05, 3.63) is 29.8 Å². The molecule has 0 unspecified atom stereocenters. The first-order valence-corrected chi connectivity index (χ1v) is 7.63. The Morgan fingerprint density at radius 3 is 2.45 bits per heavy atom. The lowest BCUT2D eigenvalue weighted by molar-refractivity contribution is -0.137. The Morgan fingerprint density at radius 2 is 1.85 bits per heavy atom. The van der Waals surface area contributed by atoms with Gasteiger partial charge in [-0.05, 0) is 31.2 Å². The van der Waals surface area contributed by atoms with Crippen molar-refractivity contribution in [2.45, 2.75) is 24.4 Å². The van der Waals surface area contributed by atoms with Gasteiger partial charge in [-0.3, -0.25) is 0 Å². The number of hydrogen-bond donors (Lipinski definition) is 2. The van der Waals surface area contributed by atoms with Crippen molar-refractivity contribution in [1.82, 2.24) is 10.0 Å². The second-order valence-corrected chi connectivity index (χ2v) is 5.94. The van der Waals surface area contributed by atoms with E-state index in [4.69, 9.17) is 0 Å². The molecule has 0 heterocycles. The molecule has 20 heavy (non-hydrogen) atoms. The van der Waals surface area contributed by atoms with Gasteiger partial charge in [-0.2, -0.15) is 13.2 Å². The Bertz CT molecular complexity index is 530. The van der Waals surface area contributed by atoms with Crippen LogP contribution in [0.1, 0.15) is 18.9 Å². The van der Waals surface area contributed by atoms with Crippen LogP contribution in [0.4, 0.5) is 13.2 Å². The predicted molar refractivity (Wildman–Crippen MR) is 69.8 cm³/mol. The lowest BCUT2D eigenvalue weighted by Crippen LogP contribution is -2.32. The predicted octanol–water partition coefficient (Wildman–Crippen LogP) is 1.98. The van der Waals surface area contributed by atoms with E-state index in [1.54, 1.807) is 0 Å². The second kappa shape index (κ2) is 7.05. The van der Waals surface area contributed by atoms with E-state index in [2.05, 4.69) is 10.0 Å². The van der Waals surface area contributed by atoms with Crippen LogP contribution in [0.5, 0.6) is 0 Å². The molecule has 114 valence electrons. The molecule has 0 aliphatic heterocycles. The van der Waals surface area contributed by atoms with Gasteiger partial charge in [0.05, 0.1) is 10.5 Å². The number of alkyl halides is 3. The molecular formula is C12H17F3N2O2S. The van der Waals surface area contributed by atoms with E-state index in [1.807, 2.05) is 6.92 Å². The molecule has 0 saturated carbocycles. The fraction of sp³-hybridized carbons (Fsp3) is 0.500. The van der Waals surface area contributed by atoms with Crippen molar-refractivity contribution in [2.24, 2.45) is 0 Å². The molecule has 0 saturated heterocycles. The molecule has 2 N–H and O–H groups in total. The topological polar surface area (TPSA) is 58.2 Å². The maximum absolute atomic E-state index is 12.5. The maximum atomic E-state index is 12.5. The fourth-order valence-corrected chi connectivity index (χ4v) is 2.58. The largest absolute Gasteiger partial charge is 0.416 e.